The van der Waals surface area contributed by atoms with Gasteiger partial charge in [-0.15, -0.1) is 0 Å². The van der Waals surface area contributed by atoms with Gasteiger partial charge in [-0.05, 0) is 58.2 Å². The lowest BCUT2D eigenvalue weighted by Gasteiger charge is -2.28. The molecule has 1 unspecified atom stereocenters. The van der Waals surface area contributed by atoms with E-state index in [2.05, 4.69) is 27.8 Å². The maximum atomic E-state index is 12.1. The van der Waals surface area contributed by atoms with Crippen LogP contribution in [-0.4, -0.2) is 62.9 Å². The molecule has 1 aromatic carbocycles. The van der Waals surface area contributed by atoms with Gasteiger partial charge in [-0.1, -0.05) is 12.1 Å². The quantitative estimate of drug-likeness (QED) is 0.525. The van der Waals surface area contributed by atoms with Crippen LogP contribution in [0.25, 0.3) is 0 Å². The lowest BCUT2D eigenvalue weighted by molar-refractivity contribution is 0.0230. The van der Waals surface area contributed by atoms with Crippen LogP contribution in [0.3, 0.4) is 0 Å². The van der Waals surface area contributed by atoms with Crippen molar-refractivity contribution in [3.63, 3.8) is 0 Å². The molecule has 2 N–H and O–H groups in total. The van der Waals surface area contributed by atoms with Gasteiger partial charge in [0.15, 0.2) is 5.96 Å². The van der Waals surface area contributed by atoms with E-state index >= 15 is 0 Å². The zero-order chi connectivity index (χ0) is 21.2. The molecular weight excluding hydrogens is 356 g/mol. The fourth-order valence-corrected chi connectivity index (χ4v) is 2.45. The molecule has 1 aromatic rings. The molecule has 7 nitrogen and oxygen atoms in total. The number of amides is 1. The second-order valence-corrected chi connectivity index (χ2v) is 7.75. The third-order valence-electron chi connectivity index (χ3n) is 4.29. The van der Waals surface area contributed by atoms with Crippen LogP contribution in [0.15, 0.2) is 29.3 Å². The van der Waals surface area contributed by atoms with Crippen molar-refractivity contribution in [2.24, 2.45) is 4.99 Å². The Morgan fingerprint density at radius 1 is 1.18 bits per heavy atom. The van der Waals surface area contributed by atoms with Crippen LogP contribution in [-0.2, 0) is 11.2 Å². The minimum absolute atomic E-state index is 0.0553. The molecule has 0 aliphatic carbocycles. The van der Waals surface area contributed by atoms with Crippen LogP contribution in [0.1, 0.15) is 39.7 Å². The molecule has 7 heteroatoms. The van der Waals surface area contributed by atoms with Crippen LogP contribution in [0.5, 0.6) is 5.75 Å². The molecule has 0 bridgehead atoms. The lowest BCUT2D eigenvalue weighted by atomic mass is 10.1. The van der Waals surface area contributed by atoms with E-state index in [1.165, 1.54) is 5.56 Å². The third kappa shape index (κ3) is 8.97. The standard InChI is InChI=1S/C21H36N4O3/c1-16(25(6)20(26)28-21(2,3)4)12-14-23-19(22-5)24-15-13-17-8-10-18(27-7)11-9-17/h8-11,16H,12-15H2,1-7H3,(H2,22,23,24). The van der Waals surface area contributed by atoms with Crippen molar-refractivity contribution < 1.29 is 14.3 Å². The summed E-state index contributed by atoms with van der Waals surface area (Å²) in [4.78, 5) is 18.0. The second kappa shape index (κ2) is 11.4. The highest BCUT2D eigenvalue weighted by atomic mass is 16.6. The van der Waals surface area contributed by atoms with Gasteiger partial charge in [0.05, 0.1) is 7.11 Å². The number of aliphatic imine (C=N–C) groups is 1. The Morgan fingerprint density at radius 2 is 1.79 bits per heavy atom. The van der Waals surface area contributed by atoms with E-state index in [9.17, 15) is 4.79 Å². The van der Waals surface area contributed by atoms with Crippen LogP contribution in [0, 0.1) is 0 Å². The number of ether oxygens (including phenoxy) is 2. The van der Waals surface area contributed by atoms with E-state index in [-0.39, 0.29) is 12.1 Å². The number of carbonyl (C=O) groups is 1. The largest absolute Gasteiger partial charge is 0.497 e. The summed E-state index contributed by atoms with van der Waals surface area (Å²) < 4.78 is 10.6. The van der Waals surface area contributed by atoms with Gasteiger partial charge in [0, 0.05) is 33.2 Å². The Morgan fingerprint density at radius 3 is 2.32 bits per heavy atom. The van der Waals surface area contributed by atoms with E-state index < -0.39 is 5.60 Å². The molecule has 0 radical (unpaired) electrons. The molecule has 0 spiro atoms. The van der Waals surface area contributed by atoms with E-state index in [0.29, 0.717) is 6.54 Å². The number of nitrogens with one attached hydrogen (secondary N) is 2. The van der Waals surface area contributed by atoms with E-state index in [1.807, 2.05) is 39.8 Å². The highest BCUT2D eigenvalue weighted by molar-refractivity contribution is 5.79. The van der Waals surface area contributed by atoms with Crippen LogP contribution in [0.4, 0.5) is 4.79 Å². The number of benzene rings is 1. The van der Waals surface area contributed by atoms with Gasteiger partial charge in [-0.3, -0.25) is 4.99 Å². The number of carbonyl (C=O) groups excluding carboxylic acids is 1. The summed E-state index contributed by atoms with van der Waals surface area (Å²) >= 11 is 0. The van der Waals surface area contributed by atoms with Gasteiger partial charge in [0.25, 0.3) is 0 Å². The number of methoxy groups -OCH3 is 1. The van der Waals surface area contributed by atoms with Gasteiger partial charge in [0.2, 0.25) is 0 Å². The van der Waals surface area contributed by atoms with Crippen LogP contribution >= 0.6 is 0 Å². The summed E-state index contributed by atoms with van der Waals surface area (Å²) in [6.07, 6.45) is 1.37. The summed E-state index contributed by atoms with van der Waals surface area (Å²) in [6, 6.07) is 8.10. The first kappa shape index (κ1) is 23.6. The SMILES string of the molecule is CN=C(NCCc1ccc(OC)cc1)NCCC(C)N(C)C(=O)OC(C)(C)C. The highest BCUT2D eigenvalue weighted by Crippen LogP contribution is 2.12. The van der Waals surface area contributed by atoms with Crippen LogP contribution in [0.2, 0.25) is 0 Å². The number of rotatable bonds is 8. The Balaban J connectivity index is 2.32. The average Bonchev–Trinajstić information content (AvgIpc) is 2.65. The monoisotopic (exact) mass is 392 g/mol. The Kier molecular flexibility index (Phi) is 9.62. The molecule has 158 valence electrons. The topological polar surface area (TPSA) is 75.2 Å². The van der Waals surface area contributed by atoms with E-state index in [1.54, 1.807) is 26.1 Å². The predicted molar refractivity (Wildman–Crippen MR) is 114 cm³/mol. The molecule has 0 saturated carbocycles. The molecule has 28 heavy (non-hydrogen) atoms. The maximum Gasteiger partial charge on any atom is 0.410 e. The fraction of sp³-hybridized carbons (Fsp3) is 0.619. The number of guanidine groups is 1. The number of hydrogen-bond donors (Lipinski definition) is 2. The van der Waals surface area contributed by atoms with E-state index in [0.717, 1.165) is 31.1 Å². The Bertz CT molecular complexity index is 624. The van der Waals surface area contributed by atoms with Crippen molar-refractivity contribution in [3.05, 3.63) is 29.8 Å². The smallest absolute Gasteiger partial charge is 0.410 e. The molecule has 0 aliphatic rings. The van der Waals surface area contributed by atoms with Crippen molar-refractivity contribution >= 4 is 12.1 Å². The average molecular weight is 393 g/mol. The summed E-state index contributed by atoms with van der Waals surface area (Å²) in [6.45, 7) is 9.09. The fourth-order valence-electron chi connectivity index (χ4n) is 2.45. The molecule has 0 aromatic heterocycles. The number of hydrogen-bond acceptors (Lipinski definition) is 4. The predicted octanol–water partition coefficient (Wildman–Crippen LogP) is 3.05. The Hall–Kier alpha value is -2.44. The van der Waals surface area contributed by atoms with Gasteiger partial charge in [0.1, 0.15) is 11.4 Å². The first-order valence-corrected chi connectivity index (χ1v) is 9.69. The number of nitrogens with zero attached hydrogens (tertiary/aromatic N) is 2. The zero-order valence-corrected chi connectivity index (χ0v) is 18.3. The minimum atomic E-state index is -0.487. The first-order chi connectivity index (χ1) is 13.2. The molecule has 1 atom stereocenters. The van der Waals surface area contributed by atoms with Gasteiger partial charge in [-0.2, -0.15) is 0 Å². The van der Waals surface area contributed by atoms with Crippen molar-refractivity contribution in [2.75, 3.05) is 34.3 Å². The van der Waals surface area contributed by atoms with Gasteiger partial charge >= 0.3 is 6.09 Å². The molecule has 0 fully saturated rings. The van der Waals surface area contributed by atoms with Crippen molar-refractivity contribution in [2.45, 2.75) is 52.2 Å². The van der Waals surface area contributed by atoms with Crippen molar-refractivity contribution in [3.8, 4) is 5.75 Å². The maximum absolute atomic E-state index is 12.1. The van der Waals surface area contributed by atoms with Crippen LogP contribution < -0.4 is 15.4 Å². The van der Waals surface area contributed by atoms with E-state index in [4.69, 9.17) is 9.47 Å². The molecule has 1 amide bonds. The van der Waals surface area contributed by atoms with Gasteiger partial charge in [-0.25, -0.2) is 4.79 Å². The molecule has 0 heterocycles. The normalized spacial score (nSPS) is 12.9. The second-order valence-electron chi connectivity index (χ2n) is 7.75. The van der Waals surface area contributed by atoms with Crippen molar-refractivity contribution in [1.29, 1.82) is 0 Å². The summed E-state index contributed by atoms with van der Waals surface area (Å²) in [5.41, 5.74) is 0.746. The molecular formula is C21H36N4O3. The molecule has 1 rings (SSSR count). The zero-order valence-electron chi connectivity index (χ0n) is 18.3. The first-order valence-electron chi connectivity index (χ1n) is 9.69. The molecule has 0 aliphatic heterocycles. The van der Waals surface area contributed by atoms with Crippen molar-refractivity contribution in [1.82, 2.24) is 15.5 Å². The third-order valence-corrected chi connectivity index (χ3v) is 4.29. The highest BCUT2D eigenvalue weighted by Gasteiger charge is 2.22. The molecule has 0 saturated heterocycles. The lowest BCUT2D eigenvalue weighted by Crippen LogP contribution is -2.43. The van der Waals surface area contributed by atoms with Gasteiger partial charge < -0.3 is 25.0 Å². The minimum Gasteiger partial charge on any atom is -0.497 e. The summed E-state index contributed by atoms with van der Waals surface area (Å²) in [5.74, 6) is 1.61. The summed E-state index contributed by atoms with van der Waals surface area (Å²) in [7, 11) is 5.18. The Labute approximate surface area is 169 Å². The summed E-state index contributed by atoms with van der Waals surface area (Å²) in [5, 5.41) is 6.59.